The zero-order valence-electron chi connectivity index (χ0n) is 13.5. The molecule has 0 aliphatic carbocycles. The summed E-state index contributed by atoms with van der Waals surface area (Å²) in [6.07, 6.45) is 1.68. The zero-order chi connectivity index (χ0) is 18.1. The number of aromatic nitrogens is 2. The Morgan fingerprint density at radius 1 is 1.23 bits per heavy atom. The minimum Gasteiger partial charge on any atom is -0.493 e. The lowest BCUT2D eigenvalue weighted by Gasteiger charge is -2.05. The van der Waals surface area contributed by atoms with Gasteiger partial charge < -0.3 is 18.7 Å². The van der Waals surface area contributed by atoms with E-state index < -0.39 is 0 Å². The molecule has 1 aliphatic heterocycles. The average molecular weight is 391 g/mol. The summed E-state index contributed by atoms with van der Waals surface area (Å²) in [5.74, 6) is 2.25. The second-order valence-corrected chi connectivity index (χ2v) is 6.17. The maximum Gasteiger partial charge on any atom is 0.269 e. The largest absolute Gasteiger partial charge is 0.493 e. The Balaban J connectivity index is 1.66. The van der Waals surface area contributed by atoms with Crippen molar-refractivity contribution >= 4 is 34.3 Å². The Hall–Kier alpha value is -2.70. The van der Waals surface area contributed by atoms with Gasteiger partial charge in [0.2, 0.25) is 18.4 Å². The maximum absolute atomic E-state index is 6.35. The fourth-order valence-corrected chi connectivity index (χ4v) is 2.94. The van der Waals surface area contributed by atoms with E-state index >= 15 is 0 Å². The fourth-order valence-electron chi connectivity index (χ4n) is 2.51. The molecule has 3 aromatic rings. The first kappa shape index (κ1) is 16.8. The van der Waals surface area contributed by atoms with Crippen molar-refractivity contribution < 1.29 is 18.7 Å². The molecule has 0 saturated carbocycles. The number of hydrogen-bond acceptors (Lipinski definition) is 6. The molecule has 2 heterocycles. The molecule has 0 unspecified atom stereocenters. The smallest absolute Gasteiger partial charge is 0.269 e. The highest BCUT2D eigenvalue weighted by molar-refractivity contribution is 6.50. The van der Waals surface area contributed by atoms with Gasteiger partial charge in [0, 0.05) is 5.56 Å². The highest BCUT2D eigenvalue weighted by Gasteiger charge is 2.20. The summed E-state index contributed by atoms with van der Waals surface area (Å²) in [6.45, 7) is 0.150. The number of halogens is 2. The third-order valence-corrected chi connectivity index (χ3v) is 4.32. The standard InChI is InChI=1S/C18H12Cl2N2O4/c1-23-14-7-10(8-15-16(14)25-9-24-15)6-13(20)18-21-17(22-26-18)11-4-2-3-5-12(11)19/h2-8H,9H2,1H3/b13-6-. The van der Waals surface area contributed by atoms with Crippen molar-refractivity contribution in [1.29, 1.82) is 0 Å². The predicted molar refractivity (Wildman–Crippen MR) is 97.6 cm³/mol. The van der Waals surface area contributed by atoms with Crippen molar-refractivity contribution in [3.63, 3.8) is 0 Å². The highest BCUT2D eigenvalue weighted by atomic mass is 35.5. The molecule has 0 bridgehead atoms. The van der Waals surface area contributed by atoms with Crippen LogP contribution in [0.1, 0.15) is 11.5 Å². The monoisotopic (exact) mass is 390 g/mol. The van der Waals surface area contributed by atoms with E-state index in [1.54, 1.807) is 37.5 Å². The third kappa shape index (κ3) is 3.09. The van der Waals surface area contributed by atoms with Crippen LogP contribution in [0, 0.1) is 0 Å². The number of ether oxygens (including phenoxy) is 3. The van der Waals surface area contributed by atoms with E-state index in [-0.39, 0.29) is 17.7 Å². The first-order valence-corrected chi connectivity index (χ1v) is 8.35. The van der Waals surface area contributed by atoms with E-state index in [1.165, 1.54) is 0 Å². The van der Waals surface area contributed by atoms with Crippen LogP contribution in [0.4, 0.5) is 0 Å². The number of methoxy groups -OCH3 is 1. The molecule has 0 amide bonds. The molecule has 0 N–H and O–H groups in total. The summed E-state index contributed by atoms with van der Waals surface area (Å²) < 4.78 is 21.3. The van der Waals surface area contributed by atoms with E-state index in [9.17, 15) is 0 Å². The molecule has 0 spiro atoms. The molecule has 8 heteroatoms. The number of hydrogen-bond donors (Lipinski definition) is 0. The van der Waals surface area contributed by atoms with Gasteiger partial charge >= 0.3 is 0 Å². The first-order chi connectivity index (χ1) is 12.7. The van der Waals surface area contributed by atoms with E-state index in [4.69, 9.17) is 41.9 Å². The summed E-state index contributed by atoms with van der Waals surface area (Å²) in [5.41, 5.74) is 1.41. The fraction of sp³-hybridized carbons (Fsp3) is 0.111. The van der Waals surface area contributed by atoms with Gasteiger partial charge in [-0.1, -0.05) is 40.5 Å². The van der Waals surface area contributed by atoms with Gasteiger partial charge in [-0.25, -0.2) is 0 Å². The van der Waals surface area contributed by atoms with Crippen LogP contribution < -0.4 is 14.2 Å². The van der Waals surface area contributed by atoms with Crippen LogP contribution in [0.25, 0.3) is 22.5 Å². The topological polar surface area (TPSA) is 66.6 Å². The van der Waals surface area contributed by atoms with Crippen molar-refractivity contribution in [2.24, 2.45) is 0 Å². The van der Waals surface area contributed by atoms with Gasteiger partial charge in [-0.15, -0.1) is 0 Å². The summed E-state index contributed by atoms with van der Waals surface area (Å²) >= 11 is 12.5. The third-order valence-electron chi connectivity index (χ3n) is 3.72. The second kappa shape index (κ2) is 6.90. The summed E-state index contributed by atoms with van der Waals surface area (Å²) in [6, 6.07) is 10.8. The normalized spacial score (nSPS) is 13.1. The minimum absolute atomic E-state index is 0.150. The Morgan fingerprint density at radius 2 is 2.08 bits per heavy atom. The van der Waals surface area contributed by atoms with E-state index in [2.05, 4.69) is 10.1 Å². The zero-order valence-corrected chi connectivity index (χ0v) is 15.0. The van der Waals surface area contributed by atoms with Crippen molar-refractivity contribution in [1.82, 2.24) is 10.1 Å². The Kier molecular flexibility index (Phi) is 4.44. The second-order valence-electron chi connectivity index (χ2n) is 5.35. The molecular formula is C18H12Cl2N2O4. The maximum atomic E-state index is 6.35. The lowest BCUT2D eigenvalue weighted by atomic mass is 10.1. The average Bonchev–Trinajstić information content (AvgIpc) is 3.30. The van der Waals surface area contributed by atoms with Gasteiger partial charge in [0.05, 0.1) is 12.1 Å². The lowest BCUT2D eigenvalue weighted by molar-refractivity contribution is 0.171. The molecule has 132 valence electrons. The molecular weight excluding hydrogens is 379 g/mol. The summed E-state index contributed by atoms with van der Waals surface area (Å²) in [5, 5.41) is 4.74. The molecule has 6 nitrogen and oxygen atoms in total. The molecule has 2 aromatic carbocycles. The lowest BCUT2D eigenvalue weighted by Crippen LogP contribution is -1.93. The van der Waals surface area contributed by atoms with Crippen LogP contribution in [-0.2, 0) is 0 Å². The molecule has 0 saturated heterocycles. The molecule has 0 atom stereocenters. The van der Waals surface area contributed by atoms with Gasteiger partial charge in [0.15, 0.2) is 11.5 Å². The number of fused-ring (bicyclic) bond motifs is 1. The van der Waals surface area contributed by atoms with Crippen LogP contribution in [0.2, 0.25) is 5.02 Å². The Bertz CT molecular complexity index is 1000. The Morgan fingerprint density at radius 3 is 2.88 bits per heavy atom. The van der Waals surface area contributed by atoms with Crippen molar-refractivity contribution in [2.45, 2.75) is 0 Å². The minimum atomic E-state index is 0.150. The van der Waals surface area contributed by atoms with Crippen LogP contribution in [-0.4, -0.2) is 24.0 Å². The van der Waals surface area contributed by atoms with Crippen LogP contribution in [0.5, 0.6) is 17.2 Å². The summed E-state index contributed by atoms with van der Waals surface area (Å²) in [7, 11) is 1.56. The molecule has 0 radical (unpaired) electrons. The van der Waals surface area contributed by atoms with Crippen LogP contribution >= 0.6 is 23.2 Å². The molecule has 26 heavy (non-hydrogen) atoms. The number of rotatable bonds is 4. The van der Waals surface area contributed by atoms with E-state index in [1.807, 2.05) is 12.1 Å². The molecule has 4 rings (SSSR count). The number of nitrogens with zero attached hydrogens (tertiary/aromatic N) is 2. The van der Waals surface area contributed by atoms with Crippen molar-refractivity contribution in [3.05, 3.63) is 52.9 Å². The first-order valence-electron chi connectivity index (χ1n) is 7.59. The Labute approximate surface area is 158 Å². The van der Waals surface area contributed by atoms with Crippen LogP contribution in [0.15, 0.2) is 40.9 Å². The molecule has 1 aliphatic rings. The quantitative estimate of drug-likeness (QED) is 0.633. The van der Waals surface area contributed by atoms with Crippen LogP contribution in [0.3, 0.4) is 0 Å². The van der Waals surface area contributed by atoms with E-state index in [0.29, 0.717) is 33.7 Å². The van der Waals surface area contributed by atoms with Gasteiger partial charge in [-0.2, -0.15) is 4.98 Å². The van der Waals surface area contributed by atoms with Gasteiger partial charge in [0.1, 0.15) is 5.03 Å². The number of benzene rings is 2. The van der Waals surface area contributed by atoms with Crippen molar-refractivity contribution in [3.8, 4) is 28.6 Å². The highest BCUT2D eigenvalue weighted by Crippen LogP contribution is 2.42. The van der Waals surface area contributed by atoms with Gasteiger partial charge in [0.25, 0.3) is 5.89 Å². The SMILES string of the molecule is COc1cc(/C=C(\Cl)c2nc(-c3ccccc3Cl)no2)cc2c1OCO2. The summed E-state index contributed by atoms with van der Waals surface area (Å²) in [4.78, 5) is 4.30. The predicted octanol–water partition coefficient (Wildman–Crippen LogP) is 4.86. The van der Waals surface area contributed by atoms with Gasteiger partial charge in [-0.3, -0.25) is 0 Å². The van der Waals surface area contributed by atoms with Crippen molar-refractivity contribution in [2.75, 3.05) is 13.9 Å². The van der Waals surface area contributed by atoms with E-state index in [0.717, 1.165) is 5.56 Å². The molecule has 0 fully saturated rings. The molecule has 1 aromatic heterocycles. The van der Waals surface area contributed by atoms with Gasteiger partial charge in [-0.05, 0) is 35.9 Å².